The molecule has 2 atom stereocenters. The SMILES string of the molecule is CCn1cc(CCC(c2ccc(C)c(CN3Cc4cnccc4OC(C)(C)C3)c2)C(C)C=O)nn1. The van der Waals surface area contributed by atoms with Crippen LogP contribution in [0.25, 0.3) is 0 Å². The fourth-order valence-electron chi connectivity index (χ4n) is 4.98. The predicted molar refractivity (Wildman–Crippen MR) is 136 cm³/mol. The van der Waals surface area contributed by atoms with Gasteiger partial charge in [-0.25, -0.2) is 0 Å². The molecule has 186 valence electrons. The van der Waals surface area contributed by atoms with Gasteiger partial charge >= 0.3 is 0 Å². The lowest BCUT2D eigenvalue weighted by Crippen LogP contribution is -2.40. The fourth-order valence-corrected chi connectivity index (χ4v) is 4.98. The highest BCUT2D eigenvalue weighted by molar-refractivity contribution is 5.55. The molecule has 0 saturated heterocycles. The molecule has 7 nitrogen and oxygen atoms in total. The van der Waals surface area contributed by atoms with E-state index in [1.165, 1.54) is 16.7 Å². The van der Waals surface area contributed by atoms with Crippen LogP contribution in [0.3, 0.4) is 0 Å². The van der Waals surface area contributed by atoms with Crippen LogP contribution in [0.2, 0.25) is 0 Å². The van der Waals surface area contributed by atoms with E-state index in [0.717, 1.165) is 62.3 Å². The Morgan fingerprint density at radius 2 is 2.09 bits per heavy atom. The zero-order valence-electron chi connectivity index (χ0n) is 21.6. The maximum atomic E-state index is 11.8. The number of fused-ring (bicyclic) bond motifs is 1. The van der Waals surface area contributed by atoms with Crippen LogP contribution in [0.5, 0.6) is 5.75 Å². The van der Waals surface area contributed by atoms with E-state index in [1.807, 2.05) is 30.1 Å². The van der Waals surface area contributed by atoms with Gasteiger partial charge in [-0.15, -0.1) is 5.10 Å². The summed E-state index contributed by atoms with van der Waals surface area (Å²) in [5, 5.41) is 8.44. The monoisotopic (exact) mass is 475 g/mol. The molecule has 0 amide bonds. The van der Waals surface area contributed by atoms with E-state index < -0.39 is 0 Å². The lowest BCUT2D eigenvalue weighted by Gasteiger charge is -2.30. The Morgan fingerprint density at radius 1 is 1.26 bits per heavy atom. The molecule has 0 bridgehead atoms. The average Bonchev–Trinajstić information content (AvgIpc) is 3.24. The molecule has 0 spiro atoms. The minimum atomic E-state index is -0.303. The molecule has 1 aliphatic heterocycles. The van der Waals surface area contributed by atoms with E-state index in [9.17, 15) is 4.79 Å². The molecule has 0 fully saturated rings. The molecular formula is C28H37N5O2. The maximum Gasteiger partial charge on any atom is 0.127 e. The van der Waals surface area contributed by atoms with Crippen molar-refractivity contribution >= 4 is 6.29 Å². The van der Waals surface area contributed by atoms with Crippen molar-refractivity contribution in [2.75, 3.05) is 6.54 Å². The van der Waals surface area contributed by atoms with E-state index in [1.54, 1.807) is 6.20 Å². The van der Waals surface area contributed by atoms with E-state index in [2.05, 4.69) is 66.1 Å². The number of carbonyl (C=O) groups excluding carboxylic acids is 1. The van der Waals surface area contributed by atoms with Gasteiger partial charge in [-0.1, -0.05) is 30.3 Å². The molecule has 2 unspecified atom stereocenters. The smallest absolute Gasteiger partial charge is 0.127 e. The summed E-state index contributed by atoms with van der Waals surface area (Å²) in [6, 6.07) is 8.63. The Bertz CT molecular complexity index is 1160. The van der Waals surface area contributed by atoms with Gasteiger partial charge in [0.25, 0.3) is 0 Å². The van der Waals surface area contributed by atoms with Crippen LogP contribution in [0, 0.1) is 12.8 Å². The summed E-state index contributed by atoms with van der Waals surface area (Å²) in [6.07, 6.45) is 8.42. The minimum Gasteiger partial charge on any atom is -0.486 e. The third kappa shape index (κ3) is 6.14. The summed E-state index contributed by atoms with van der Waals surface area (Å²) in [5.41, 5.74) is 5.53. The lowest BCUT2D eigenvalue weighted by atomic mass is 9.83. The number of aryl methyl sites for hydroxylation is 3. The Hall–Kier alpha value is -3.06. The van der Waals surface area contributed by atoms with Crippen molar-refractivity contribution < 1.29 is 9.53 Å². The Labute approximate surface area is 208 Å². The van der Waals surface area contributed by atoms with Gasteiger partial charge in [0.2, 0.25) is 0 Å². The number of nitrogens with zero attached hydrogens (tertiary/aromatic N) is 5. The van der Waals surface area contributed by atoms with Crippen LogP contribution in [0.15, 0.2) is 42.9 Å². The second-order valence-electron chi connectivity index (χ2n) is 10.4. The van der Waals surface area contributed by atoms with Crippen molar-refractivity contribution in [2.24, 2.45) is 5.92 Å². The summed E-state index contributed by atoms with van der Waals surface area (Å²) in [6.45, 7) is 13.7. The van der Waals surface area contributed by atoms with Crippen molar-refractivity contribution in [3.63, 3.8) is 0 Å². The number of hydrogen-bond acceptors (Lipinski definition) is 6. The molecule has 2 aromatic heterocycles. The number of hydrogen-bond donors (Lipinski definition) is 0. The summed E-state index contributed by atoms with van der Waals surface area (Å²) in [5.74, 6) is 0.973. The first-order valence-electron chi connectivity index (χ1n) is 12.6. The second-order valence-corrected chi connectivity index (χ2v) is 10.4. The van der Waals surface area contributed by atoms with Crippen molar-refractivity contribution in [1.29, 1.82) is 0 Å². The normalized spacial score (nSPS) is 17.2. The van der Waals surface area contributed by atoms with E-state index in [-0.39, 0.29) is 17.4 Å². The maximum absolute atomic E-state index is 11.8. The molecule has 0 saturated carbocycles. The summed E-state index contributed by atoms with van der Waals surface area (Å²) in [7, 11) is 0. The van der Waals surface area contributed by atoms with Gasteiger partial charge in [-0.2, -0.15) is 0 Å². The number of aldehydes is 1. The van der Waals surface area contributed by atoms with Crippen molar-refractivity contribution in [3.05, 3.63) is 70.8 Å². The highest BCUT2D eigenvalue weighted by Gasteiger charge is 2.29. The van der Waals surface area contributed by atoms with Gasteiger partial charge in [0.05, 0.1) is 5.69 Å². The van der Waals surface area contributed by atoms with Crippen molar-refractivity contribution in [3.8, 4) is 5.75 Å². The van der Waals surface area contributed by atoms with Crippen LogP contribution in [-0.4, -0.2) is 43.3 Å². The first kappa shape index (κ1) is 25.0. The topological polar surface area (TPSA) is 73.1 Å². The Kier molecular flexibility index (Phi) is 7.65. The van der Waals surface area contributed by atoms with Crippen LogP contribution in [0.4, 0.5) is 0 Å². The number of aromatic nitrogens is 4. The highest BCUT2D eigenvalue weighted by Crippen LogP contribution is 2.32. The Morgan fingerprint density at radius 3 is 2.83 bits per heavy atom. The zero-order valence-corrected chi connectivity index (χ0v) is 21.6. The molecule has 1 aromatic carbocycles. The average molecular weight is 476 g/mol. The third-order valence-electron chi connectivity index (χ3n) is 6.91. The molecule has 1 aliphatic rings. The van der Waals surface area contributed by atoms with Crippen molar-refractivity contribution in [1.82, 2.24) is 24.9 Å². The predicted octanol–water partition coefficient (Wildman–Crippen LogP) is 4.73. The van der Waals surface area contributed by atoms with Gasteiger partial charge in [0.1, 0.15) is 17.6 Å². The van der Waals surface area contributed by atoms with E-state index in [4.69, 9.17) is 4.74 Å². The van der Waals surface area contributed by atoms with Crippen molar-refractivity contribution in [2.45, 2.75) is 78.6 Å². The van der Waals surface area contributed by atoms with E-state index >= 15 is 0 Å². The van der Waals surface area contributed by atoms with Gasteiger partial charge in [-0.3, -0.25) is 14.6 Å². The second kappa shape index (κ2) is 10.7. The molecule has 3 heterocycles. The largest absolute Gasteiger partial charge is 0.486 e. The molecule has 0 aliphatic carbocycles. The van der Waals surface area contributed by atoms with Gasteiger partial charge in [-0.05, 0) is 69.2 Å². The molecule has 0 radical (unpaired) electrons. The fraction of sp³-hybridized carbons (Fsp3) is 0.500. The Balaban J connectivity index is 1.55. The summed E-state index contributed by atoms with van der Waals surface area (Å²) < 4.78 is 8.15. The molecule has 7 heteroatoms. The van der Waals surface area contributed by atoms with Gasteiger partial charge in [0, 0.05) is 56.3 Å². The highest BCUT2D eigenvalue weighted by atomic mass is 16.5. The number of ether oxygens (including phenoxy) is 1. The van der Waals surface area contributed by atoms with Gasteiger partial charge in [0.15, 0.2) is 0 Å². The standard InChI is InChI=1S/C28H37N5O2/c1-6-33-17-25(30-31-33)9-10-26(21(3)18-34)22-8-7-20(2)23(13-22)15-32-16-24-14-29-12-11-27(24)35-28(4,5)19-32/h7-8,11-14,17-18,21,26H,6,9-10,15-16,19H2,1-5H3. The zero-order chi connectivity index (χ0) is 25.0. The number of benzene rings is 1. The molecular weight excluding hydrogens is 438 g/mol. The van der Waals surface area contributed by atoms with E-state index in [0.29, 0.717) is 0 Å². The number of carbonyl (C=O) groups is 1. The molecule has 4 rings (SSSR count). The lowest BCUT2D eigenvalue weighted by molar-refractivity contribution is -0.111. The number of pyridine rings is 1. The van der Waals surface area contributed by atoms with Crippen LogP contribution < -0.4 is 4.74 Å². The molecule has 3 aromatic rings. The minimum absolute atomic E-state index is 0.0738. The molecule has 35 heavy (non-hydrogen) atoms. The third-order valence-corrected chi connectivity index (χ3v) is 6.91. The van der Waals surface area contributed by atoms with Crippen LogP contribution >= 0.6 is 0 Å². The van der Waals surface area contributed by atoms with Gasteiger partial charge < -0.3 is 9.53 Å². The van der Waals surface area contributed by atoms with Crippen LogP contribution in [0.1, 0.15) is 68.0 Å². The van der Waals surface area contributed by atoms with Crippen LogP contribution in [-0.2, 0) is 30.8 Å². The number of rotatable bonds is 9. The summed E-state index contributed by atoms with van der Waals surface area (Å²) >= 11 is 0. The summed E-state index contributed by atoms with van der Waals surface area (Å²) in [4.78, 5) is 18.6. The first-order chi connectivity index (χ1) is 16.8. The molecule has 0 N–H and O–H groups in total. The quantitative estimate of drug-likeness (QED) is 0.417. The first-order valence-corrected chi connectivity index (χ1v) is 12.6.